The summed E-state index contributed by atoms with van der Waals surface area (Å²) in [4.78, 5) is 11.9. The first-order valence-electron chi connectivity index (χ1n) is 6.61. The van der Waals surface area contributed by atoms with Crippen molar-refractivity contribution in [2.45, 2.75) is 4.90 Å². The molecule has 0 aliphatic carbocycles. The first-order chi connectivity index (χ1) is 11.1. The van der Waals surface area contributed by atoms with Crippen molar-refractivity contribution in [2.75, 3.05) is 19.4 Å². The number of benzene rings is 2. The fourth-order valence-electron chi connectivity index (χ4n) is 1.82. The van der Waals surface area contributed by atoms with E-state index in [1.807, 2.05) is 0 Å². The highest BCUT2D eigenvalue weighted by atomic mass is 35.5. The predicted molar refractivity (Wildman–Crippen MR) is 86.6 cm³/mol. The number of carbonyl (C=O) groups is 1. The van der Waals surface area contributed by atoms with Crippen LogP contribution in [-0.4, -0.2) is 32.7 Å². The third-order valence-corrected chi connectivity index (χ3v) is 5.43. The van der Waals surface area contributed by atoms with E-state index in [1.165, 1.54) is 26.2 Å². The molecule has 0 unspecified atom stereocenters. The monoisotopic (exact) mass is 374 g/mol. The quantitative estimate of drug-likeness (QED) is 0.894. The van der Waals surface area contributed by atoms with Gasteiger partial charge in [0.05, 0.1) is 10.7 Å². The molecule has 2 aromatic carbocycles. The minimum atomic E-state index is -3.85. The topological polar surface area (TPSA) is 66.5 Å². The molecule has 0 bridgehead atoms. The Morgan fingerprint density at radius 3 is 2.38 bits per heavy atom. The number of nitrogens with zero attached hydrogens (tertiary/aromatic N) is 1. The summed E-state index contributed by atoms with van der Waals surface area (Å²) in [5.41, 5.74) is -0.267. The molecule has 0 heterocycles. The van der Waals surface area contributed by atoms with Gasteiger partial charge in [-0.1, -0.05) is 11.6 Å². The van der Waals surface area contributed by atoms with E-state index in [4.69, 9.17) is 11.6 Å². The van der Waals surface area contributed by atoms with Crippen molar-refractivity contribution in [1.82, 2.24) is 4.31 Å². The standard InChI is InChI=1S/C15H13ClF2N2O3S/c1-20(2)24(22,23)14-7-9(3-5-11(14)16)15(21)19-13-6-4-10(17)8-12(13)18/h3-8H,1-2H3,(H,19,21). The van der Waals surface area contributed by atoms with Gasteiger partial charge < -0.3 is 5.32 Å². The Balaban J connectivity index is 2.37. The van der Waals surface area contributed by atoms with Crippen molar-refractivity contribution in [1.29, 1.82) is 0 Å². The van der Waals surface area contributed by atoms with E-state index in [0.717, 1.165) is 22.5 Å². The van der Waals surface area contributed by atoms with Crippen molar-refractivity contribution >= 4 is 33.2 Å². The van der Waals surface area contributed by atoms with Gasteiger partial charge in [0.25, 0.3) is 5.91 Å². The Bertz CT molecular complexity index is 902. The molecule has 0 saturated carbocycles. The fraction of sp³-hybridized carbons (Fsp3) is 0.133. The van der Waals surface area contributed by atoms with Crippen LogP contribution in [0, 0.1) is 11.6 Å². The number of halogens is 3. The van der Waals surface area contributed by atoms with Gasteiger partial charge in [0.15, 0.2) is 0 Å². The van der Waals surface area contributed by atoms with Crippen LogP contribution in [0.15, 0.2) is 41.3 Å². The van der Waals surface area contributed by atoms with Crippen LogP contribution >= 0.6 is 11.6 Å². The first-order valence-corrected chi connectivity index (χ1v) is 8.43. The molecule has 0 aliphatic rings. The fourth-order valence-corrected chi connectivity index (χ4v) is 3.22. The van der Waals surface area contributed by atoms with Gasteiger partial charge in [-0.25, -0.2) is 21.5 Å². The van der Waals surface area contributed by atoms with E-state index < -0.39 is 27.6 Å². The van der Waals surface area contributed by atoms with Crippen LogP contribution in [0.1, 0.15) is 10.4 Å². The second-order valence-corrected chi connectivity index (χ2v) is 7.54. The van der Waals surface area contributed by atoms with Gasteiger partial charge in [0, 0.05) is 25.7 Å². The maximum Gasteiger partial charge on any atom is 0.255 e. The van der Waals surface area contributed by atoms with Crippen molar-refractivity contribution < 1.29 is 22.0 Å². The number of hydrogen-bond acceptors (Lipinski definition) is 3. The largest absolute Gasteiger partial charge is 0.319 e. The number of carbonyl (C=O) groups excluding carboxylic acids is 1. The smallest absolute Gasteiger partial charge is 0.255 e. The van der Waals surface area contributed by atoms with Gasteiger partial charge in [-0.3, -0.25) is 4.79 Å². The zero-order chi connectivity index (χ0) is 18.1. The van der Waals surface area contributed by atoms with E-state index >= 15 is 0 Å². The summed E-state index contributed by atoms with van der Waals surface area (Å²) in [6.45, 7) is 0. The van der Waals surface area contributed by atoms with Crippen molar-refractivity contribution in [3.05, 3.63) is 58.6 Å². The third kappa shape index (κ3) is 3.72. The normalized spacial score (nSPS) is 11.6. The van der Waals surface area contributed by atoms with Crippen LogP contribution in [0.25, 0.3) is 0 Å². The molecule has 9 heteroatoms. The Kier molecular flexibility index (Phi) is 5.22. The number of amides is 1. The summed E-state index contributed by atoms with van der Waals surface area (Å²) < 4.78 is 51.8. The highest BCUT2D eigenvalue weighted by molar-refractivity contribution is 7.89. The first kappa shape index (κ1) is 18.3. The van der Waals surface area contributed by atoms with Crippen LogP contribution in [0.5, 0.6) is 0 Å². The van der Waals surface area contributed by atoms with E-state index in [2.05, 4.69) is 5.32 Å². The zero-order valence-corrected chi connectivity index (χ0v) is 14.3. The van der Waals surface area contributed by atoms with Crippen LogP contribution in [0.2, 0.25) is 5.02 Å². The van der Waals surface area contributed by atoms with Crippen molar-refractivity contribution in [3.63, 3.8) is 0 Å². The molecule has 0 aromatic heterocycles. The maximum atomic E-state index is 13.6. The highest BCUT2D eigenvalue weighted by Gasteiger charge is 2.22. The molecule has 0 saturated heterocycles. The molecule has 1 amide bonds. The molecule has 2 aromatic rings. The molecule has 0 fully saturated rings. The summed E-state index contributed by atoms with van der Waals surface area (Å²) in [5, 5.41) is 2.20. The van der Waals surface area contributed by atoms with Crippen LogP contribution in [0.3, 0.4) is 0 Å². The molecule has 5 nitrogen and oxygen atoms in total. The predicted octanol–water partition coefficient (Wildman–Crippen LogP) is 3.12. The maximum absolute atomic E-state index is 13.6. The molecule has 0 radical (unpaired) electrons. The number of rotatable bonds is 4. The zero-order valence-electron chi connectivity index (χ0n) is 12.7. The van der Waals surface area contributed by atoms with Crippen LogP contribution in [0.4, 0.5) is 14.5 Å². The summed E-state index contributed by atoms with van der Waals surface area (Å²) in [6, 6.07) is 6.33. The number of sulfonamides is 1. The van der Waals surface area contributed by atoms with Crippen LogP contribution in [-0.2, 0) is 10.0 Å². The molecule has 2 rings (SSSR count). The van der Waals surface area contributed by atoms with Crippen LogP contribution < -0.4 is 5.32 Å². The van der Waals surface area contributed by atoms with Gasteiger partial charge in [-0.2, -0.15) is 0 Å². The lowest BCUT2D eigenvalue weighted by molar-refractivity contribution is 0.102. The van der Waals surface area contributed by atoms with Gasteiger partial charge in [-0.15, -0.1) is 0 Å². The Morgan fingerprint density at radius 1 is 1.12 bits per heavy atom. The summed E-state index contributed by atoms with van der Waals surface area (Å²) in [5.74, 6) is -2.48. The second kappa shape index (κ2) is 6.84. The molecule has 0 spiro atoms. The van der Waals surface area contributed by atoms with Gasteiger partial charge in [0.2, 0.25) is 10.0 Å². The minimum absolute atomic E-state index is 0.0384. The van der Waals surface area contributed by atoms with Crippen molar-refractivity contribution in [2.24, 2.45) is 0 Å². The Hall–Kier alpha value is -2.03. The van der Waals surface area contributed by atoms with Crippen molar-refractivity contribution in [3.8, 4) is 0 Å². The SMILES string of the molecule is CN(C)S(=O)(=O)c1cc(C(=O)Nc2ccc(F)cc2F)ccc1Cl. The van der Waals surface area contributed by atoms with E-state index in [0.29, 0.717) is 6.07 Å². The lowest BCUT2D eigenvalue weighted by Crippen LogP contribution is -2.23. The Labute approximate surface area is 142 Å². The molecule has 1 N–H and O–H groups in total. The number of hydrogen-bond donors (Lipinski definition) is 1. The second-order valence-electron chi connectivity index (χ2n) is 5.01. The number of nitrogens with one attached hydrogen (secondary N) is 1. The molecular weight excluding hydrogens is 362 g/mol. The summed E-state index contributed by atoms with van der Waals surface area (Å²) in [6.07, 6.45) is 0. The highest BCUT2D eigenvalue weighted by Crippen LogP contribution is 2.25. The summed E-state index contributed by atoms with van der Waals surface area (Å²) >= 11 is 5.89. The van der Waals surface area contributed by atoms with Gasteiger partial charge >= 0.3 is 0 Å². The number of anilines is 1. The lowest BCUT2D eigenvalue weighted by Gasteiger charge is -2.14. The van der Waals surface area contributed by atoms with E-state index in [9.17, 15) is 22.0 Å². The summed E-state index contributed by atoms with van der Waals surface area (Å²) in [7, 11) is -1.20. The van der Waals surface area contributed by atoms with E-state index in [1.54, 1.807) is 0 Å². The average molecular weight is 375 g/mol. The minimum Gasteiger partial charge on any atom is -0.319 e. The average Bonchev–Trinajstić information content (AvgIpc) is 2.50. The molecule has 0 atom stereocenters. The Morgan fingerprint density at radius 2 is 1.79 bits per heavy atom. The third-order valence-electron chi connectivity index (χ3n) is 3.13. The molecule has 0 aliphatic heterocycles. The molecular formula is C15H13ClF2N2O3S. The van der Waals surface area contributed by atoms with E-state index in [-0.39, 0.29) is 21.2 Å². The van der Waals surface area contributed by atoms with Gasteiger partial charge in [-0.05, 0) is 30.3 Å². The lowest BCUT2D eigenvalue weighted by atomic mass is 10.2. The van der Waals surface area contributed by atoms with Gasteiger partial charge in [0.1, 0.15) is 16.5 Å². The molecule has 24 heavy (non-hydrogen) atoms. The molecule has 128 valence electrons.